The quantitative estimate of drug-likeness (QED) is 0.350. The number of nitrogens with zero attached hydrogens (tertiary/aromatic N) is 6. The summed E-state index contributed by atoms with van der Waals surface area (Å²) in [5.41, 5.74) is 4.78. The number of anilines is 2. The van der Waals surface area contributed by atoms with Crippen molar-refractivity contribution in [1.82, 2.24) is 29.3 Å². The smallest absolute Gasteiger partial charge is 0.369 e. The van der Waals surface area contributed by atoms with Crippen LogP contribution in [0.5, 0.6) is 0 Å². The van der Waals surface area contributed by atoms with Crippen LogP contribution in [-0.2, 0) is 24.4 Å². The number of nitrogen functional groups attached to an aromatic ring is 1. The third-order valence-electron chi connectivity index (χ3n) is 5.34. The number of amides is 1. The fourth-order valence-corrected chi connectivity index (χ4v) is 4.22. The van der Waals surface area contributed by atoms with E-state index in [1.165, 1.54) is 20.8 Å². The van der Waals surface area contributed by atoms with E-state index in [9.17, 15) is 19.2 Å². The summed E-state index contributed by atoms with van der Waals surface area (Å²) >= 11 is 1.30. The Balaban J connectivity index is 1.75. The summed E-state index contributed by atoms with van der Waals surface area (Å²) in [5.74, 6) is -0.738. The van der Waals surface area contributed by atoms with E-state index in [2.05, 4.69) is 15.4 Å². The average molecular weight is 497 g/mol. The van der Waals surface area contributed by atoms with Crippen molar-refractivity contribution in [2.45, 2.75) is 39.4 Å². The Morgan fingerprint density at radius 1 is 1.11 bits per heavy atom. The number of benzene rings is 1. The highest BCUT2D eigenvalue weighted by atomic mass is 32.1. The zero-order valence-corrected chi connectivity index (χ0v) is 19.8. The van der Waals surface area contributed by atoms with Crippen LogP contribution in [0.1, 0.15) is 25.3 Å². The summed E-state index contributed by atoms with van der Waals surface area (Å²) in [7, 11) is 0. The number of nitrogens with one attached hydrogen (secondary N) is 1. The third-order valence-corrected chi connectivity index (χ3v) is 6.19. The second-order valence-electron chi connectivity index (χ2n) is 7.75. The van der Waals surface area contributed by atoms with Crippen molar-refractivity contribution in [1.29, 1.82) is 0 Å². The van der Waals surface area contributed by atoms with E-state index in [1.54, 1.807) is 41.8 Å². The Bertz CT molecular complexity index is 1480. The van der Waals surface area contributed by atoms with Gasteiger partial charge in [0.15, 0.2) is 5.69 Å². The number of nitrogens with two attached hydrogens (primary N) is 1. The van der Waals surface area contributed by atoms with Crippen molar-refractivity contribution in [3.63, 3.8) is 0 Å². The molecule has 4 aromatic rings. The van der Waals surface area contributed by atoms with Gasteiger partial charge in [0.2, 0.25) is 5.91 Å². The van der Waals surface area contributed by atoms with Gasteiger partial charge in [0.1, 0.15) is 17.4 Å². The zero-order valence-electron chi connectivity index (χ0n) is 19.0. The average Bonchev–Trinajstić information content (AvgIpc) is 3.49. The molecule has 0 saturated heterocycles. The Labute approximate surface area is 202 Å². The molecule has 0 aliphatic carbocycles. The largest absolute Gasteiger partial charge is 0.383 e. The topological polar surface area (TPSA) is 154 Å². The van der Waals surface area contributed by atoms with Crippen LogP contribution in [0, 0.1) is 0 Å². The molecule has 0 atom stereocenters. The first-order valence-electron chi connectivity index (χ1n) is 10.9. The van der Waals surface area contributed by atoms with Gasteiger partial charge < -0.3 is 5.73 Å². The molecule has 182 valence electrons. The van der Waals surface area contributed by atoms with Crippen molar-refractivity contribution >= 4 is 28.7 Å². The van der Waals surface area contributed by atoms with E-state index in [0.29, 0.717) is 11.4 Å². The summed E-state index contributed by atoms with van der Waals surface area (Å²) in [4.78, 5) is 54.9. The molecule has 0 aliphatic rings. The van der Waals surface area contributed by atoms with Gasteiger partial charge in [-0.2, -0.15) is 9.36 Å². The van der Waals surface area contributed by atoms with Gasteiger partial charge >= 0.3 is 11.4 Å². The van der Waals surface area contributed by atoms with Gasteiger partial charge in [-0.05, 0) is 39.9 Å². The minimum atomic E-state index is -0.792. The maximum atomic E-state index is 13.5. The fourth-order valence-electron chi connectivity index (χ4n) is 3.55. The molecule has 0 radical (unpaired) electrons. The number of tetrazole rings is 1. The normalized spacial score (nSPS) is 11.0. The highest BCUT2D eigenvalue weighted by Gasteiger charge is 2.26. The molecule has 12 nitrogen and oxygen atoms in total. The molecule has 3 aromatic heterocycles. The monoisotopic (exact) mass is 496 g/mol. The molecular formula is C22H24N8O4S. The van der Waals surface area contributed by atoms with Gasteiger partial charge in [-0.25, -0.2) is 9.59 Å². The Morgan fingerprint density at radius 3 is 2.57 bits per heavy atom. The van der Waals surface area contributed by atoms with E-state index in [0.717, 1.165) is 21.3 Å². The molecule has 0 saturated carbocycles. The molecule has 1 aromatic carbocycles. The molecule has 35 heavy (non-hydrogen) atoms. The van der Waals surface area contributed by atoms with E-state index in [4.69, 9.17) is 5.73 Å². The van der Waals surface area contributed by atoms with E-state index in [1.807, 2.05) is 13.0 Å². The summed E-state index contributed by atoms with van der Waals surface area (Å²) in [6, 6.07) is 12.5. The van der Waals surface area contributed by atoms with Gasteiger partial charge in [-0.1, -0.05) is 43.7 Å². The predicted molar refractivity (Wildman–Crippen MR) is 132 cm³/mol. The first-order chi connectivity index (χ1) is 16.9. The van der Waals surface area contributed by atoms with Crippen molar-refractivity contribution < 1.29 is 4.79 Å². The van der Waals surface area contributed by atoms with Crippen LogP contribution in [0.25, 0.3) is 5.00 Å². The standard InChI is InChI=1S/C22H24N8O4S/c1-2-3-11-27-19(23)18(20(32)24-21(27)33)28(13-15-8-5-4-6-9-15)16(31)14-29-22(34)30(26-25-29)17-10-7-12-35-17/h4-10,12H,2-3,11,13-14,23H2,1H3,(H,24,32,33). The van der Waals surface area contributed by atoms with Gasteiger partial charge in [0.25, 0.3) is 5.56 Å². The lowest BCUT2D eigenvalue weighted by Gasteiger charge is -2.24. The number of unbranched alkanes of at least 4 members (excludes halogenated alkanes) is 1. The van der Waals surface area contributed by atoms with Crippen LogP contribution in [0.2, 0.25) is 0 Å². The molecule has 0 unspecified atom stereocenters. The molecule has 3 N–H and O–H groups in total. The molecule has 0 spiro atoms. The van der Waals surface area contributed by atoms with Gasteiger partial charge in [-0.15, -0.1) is 11.3 Å². The minimum Gasteiger partial charge on any atom is -0.383 e. The van der Waals surface area contributed by atoms with Gasteiger partial charge in [-0.3, -0.25) is 24.0 Å². The SMILES string of the molecule is CCCCn1c(N)c(N(Cc2ccccc2)C(=O)Cn2nnn(-c3cccs3)c2=O)c(=O)[nH]c1=O. The molecular weight excluding hydrogens is 472 g/mol. The molecule has 0 fully saturated rings. The molecule has 1 amide bonds. The van der Waals surface area contributed by atoms with E-state index >= 15 is 0 Å². The van der Waals surface area contributed by atoms with Crippen molar-refractivity contribution in [3.8, 4) is 5.00 Å². The summed E-state index contributed by atoms with van der Waals surface area (Å²) < 4.78 is 3.24. The summed E-state index contributed by atoms with van der Waals surface area (Å²) in [6.45, 7) is 1.75. The van der Waals surface area contributed by atoms with Crippen LogP contribution < -0.4 is 27.6 Å². The van der Waals surface area contributed by atoms with Crippen LogP contribution >= 0.6 is 11.3 Å². The lowest BCUT2D eigenvalue weighted by Crippen LogP contribution is -2.43. The third kappa shape index (κ3) is 4.99. The van der Waals surface area contributed by atoms with E-state index < -0.39 is 29.4 Å². The number of carbonyl (C=O) groups excluding carboxylic acids is 1. The number of rotatable bonds is 9. The Hall–Kier alpha value is -4.26. The lowest BCUT2D eigenvalue weighted by molar-refractivity contribution is -0.119. The van der Waals surface area contributed by atoms with Crippen LogP contribution in [0.4, 0.5) is 11.5 Å². The zero-order chi connectivity index (χ0) is 24.9. The Kier molecular flexibility index (Phi) is 7.06. The number of aromatic nitrogens is 6. The number of hydrogen-bond donors (Lipinski definition) is 2. The van der Waals surface area contributed by atoms with Crippen LogP contribution in [0.3, 0.4) is 0 Å². The molecule has 0 bridgehead atoms. The van der Waals surface area contributed by atoms with Crippen LogP contribution in [0.15, 0.2) is 62.2 Å². The fraction of sp³-hybridized carbons (Fsp3) is 0.273. The predicted octanol–water partition coefficient (Wildman–Crippen LogP) is 0.956. The molecule has 4 rings (SSSR count). The molecule has 13 heteroatoms. The molecule has 3 heterocycles. The van der Waals surface area contributed by atoms with E-state index in [-0.39, 0.29) is 24.6 Å². The van der Waals surface area contributed by atoms with Crippen molar-refractivity contribution in [3.05, 3.63) is 84.7 Å². The lowest BCUT2D eigenvalue weighted by atomic mass is 10.2. The van der Waals surface area contributed by atoms with Gasteiger partial charge in [0.05, 0.1) is 6.54 Å². The second-order valence-corrected chi connectivity index (χ2v) is 8.67. The maximum absolute atomic E-state index is 13.5. The molecule has 0 aliphatic heterocycles. The maximum Gasteiger partial charge on any atom is 0.369 e. The first-order valence-corrected chi connectivity index (χ1v) is 11.8. The van der Waals surface area contributed by atoms with Gasteiger partial charge in [0, 0.05) is 6.54 Å². The second kappa shape index (κ2) is 10.3. The minimum absolute atomic E-state index is 0.00720. The Morgan fingerprint density at radius 2 is 1.89 bits per heavy atom. The number of H-pyrrole nitrogens is 1. The van der Waals surface area contributed by atoms with Crippen molar-refractivity contribution in [2.75, 3.05) is 10.6 Å². The van der Waals surface area contributed by atoms with Crippen molar-refractivity contribution in [2.24, 2.45) is 0 Å². The number of thiophene rings is 1. The highest BCUT2D eigenvalue weighted by Crippen LogP contribution is 2.20. The van der Waals surface area contributed by atoms with Crippen LogP contribution in [-0.4, -0.2) is 35.2 Å². The first kappa shape index (κ1) is 23.9. The summed E-state index contributed by atoms with van der Waals surface area (Å²) in [6.07, 6.45) is 1.46. The number of carbonyl (C=O) groups is 1. The summed E-state index contributed by atoms with van der Waals surface area (Å²) in [5, 5.41) is 10.00. The number of hydrogen-bond acceptors (Lipinski definition) is 8. The number of aromatic amines is 1. The highest BCUT2D eigenvalue weighted by molar-refractivity contribution is 7.12.